The molecule has 8 heteroatoms. The summed E-state index contributed by atoms with van der Waals surface area (Å²) in [5.41, 5.74) is 4.95. The fourth-order valence-corrected chi connectivity index (χ4v) is 6.33. The van der Waals surface area contributed by atoms with Crippen molar-refractivity contribution in [2.45, 2.75) is 50.7 Å². The van der Waals surface area contributed by atoms with Gasteiger partial charge in [0.2, 0.25) is 5.91 Å². The van der Waals surface area contributed by atoms with Crippen molar-refractivity contribution < 1.29 is 9.90 Å². The fourth-order valence-electron chi connectivity index (χ4n) is 6.05. The van der Waals surface area contributed by atoms with Gasteiger partial charge in [0, 0.05) is 49.4 Å². The summed E-state index contributed by atoms with van der Waals surface area (Å²) >= 11 is 6.68. The molecule has 1 amide bonds. The van der Waals surface area contributed by atoms with Crippen molar-refractivity contribution in [1.82, 2.24) is 20.1 Å². The van der Waals surface area contributed by atoms with E-state index in [0.29, 0.717) is 5.02 Å². The number of piperidine rings is 1. The van der Waals surface area contributed by atoms with Crippen molar-refractivity contribution in [3.63, 3.8) is 0 Å². The topological polar surface area (TPSA) is 83.3 Å². The summed E-state index contributed by atoms with van der Waals surface area (Å²) in [6.07, 6.45) is 12.6. The summed E-state index contributed by atoms with van der Waals surface area (Å²) in [5, 5.41) is 18.4. The Labute approximate surface area is 210 Å². The molecule has 1 aliphatic carbocycles. The maximum atomic E-state index is 12.4. The fraction of sp³-hybridized carbons (Fsp3) is 0.444. The average Bonchev–Trinajstić information content (AvgIpc) is 3.61. The van der Waals surface area contributed by atoms with Gasteiger partial charge in [0.15, 0.2) is 0 Å². The number of amides is 1. The van der Waals surface area contributed by atoms with Crippen LogP contribution in [0.1, 0.15) is 44.6 Å². The highest BCUT2D eigenvalue weighted by Crippen LogP contribution is 2.43. The monoisotopic (exact) mass is 491 g/mol. The lowest BCUT2D eigenvalue weighted by Crippen LogP contribution is -2.44. The standard InChI is InChI=1S/C27H30ClN5O2/c28-22-16-29-15-21(25(22)32-12-9-27(10-13-32)8-11-30-26(27)35)19-6-4-18(5-7-19)20-14-31-33(17-20)23-2-1-3-24(23)34/h4-7,14-17,23-24,34H,1-3,8-13H2,(H,30,35). The van der Waals surface area contributed by atoms with Gasteiger partial charge in [0.05, 0.1) is 34.5 Å². The molecular weight excluding hydrogens is 462 g/mol. The first-order chi connectivity index (χ1) is 17.0. The number of pyridine rings is 1. The van der Waals surface area contributed by atoms with Gasteiger partial charge in [0.25, 0.3) is 0 Å². The maximum absolute atomic E-state index is 12.4. The molecule has 2 unspecified atom stereocenters. The van der Waals surface area contributed by atoms with Gasteiger partial charge in [-0.25, -0.2) is 0 Å². The van der Waals surface area contributed by atoms with Gasteiger partial charge < -0.3 is 15.3 Å². The van der Waals surface area contributed by atoms with E-state index < -0.39 is 0 Å². The van der Waals surface area contributed by atoms with Crippen LogP contribution in [0.3, 0.4) is 0 Å². The lowest BCUT2D eigenvalue weighted by molar-refractivity contribution is -0.128. The molecule has 3 aliphatic rings. The van der Waals surface area contributed by atoms with Crippen molar-refractivity contribution in [3.05, 3.63) is 54.1 Å². The molecule has 3 aromatic rings. The van der Waals surface area contributed by atoms with Crippen LogP contribution in [0.5, 0.6) is 0 Å². The van der Waals surface area contributed by atoms with E-state index in [2.05, 4.69) is 44.6 Å². The number of nitrogens with one attached hydrogen (secondary N) is 1. The first-order valence-electron chi connectivity index (χ1n) is 12.5. The molecule has 35 heavy (non-hydrogen) atoms. The molecule has 1 aromatic carbocycles. The third kappa shape index (κ3) is 4.00. The minimum Gasteiger partial charge on any atom is -0.391 e. The van der Waals surface area contributed by atoms with E-state index in [-0.39, 0.29) is 23.5 Å². The Kier molecular flexibility index (Phi) is 5.77. The lowest BCUT2D eigenvalue weighted by Gasteiger charge is -2.39. The van der Waals surface area contributed by atoms with E-state index >= 15 is 0 Å². The van der Waals surface area contributed by atoms with Crippen molar-refractivity contribution in [2.24, 2.45) is 5.41 Å². The first-order valence-corrected chi connectivity index (χ1v) is 12.9. The van der Waals surface area contributed by atoms with Crippen LogP contribution in [0.2, 0.25) is 5.02 Å². The van der Waals surface area contributed by atoms with Gasteiger partial charge in [-0.05, 0) is 49.7 Å². The van der Waals surface area contributed by atoms with E-state index in [0.717, 1.165) is 86.1 Å². The summed E-state index contributed by atoms with van der Waals surface area (Å²) in [7, 11) is 0. The summed E-state index contributed by atoms with van der Waals surface area (Å²) in [4.78, 5) is 19.1. The predicted octanol–water partition coefficient (Wildman–Crippen LogP) is 4.46. The Hall–Kier alpha value is -2.90. The number of aliphatic hydroxyl groups excluding tert-OH is 1. The molecule has 1 spiro atoms. The number of rotatable bonds is 4. The Balaban J connectivity index is 1.24. The molecular formula is C27H30ClN5O2. The molecule has 2 saturated heterocycles. The average molecular weight is 492 g/mol. The Morgan fingerprint density at radius 1 is 1.00 bits per heavy atom. The van der Waals surface area contributed by atoms with E-state index in [1.165, 1.54) is 0 Å². The summed E-state index contributed by atoms with van der Waals surface area (Å²) < 4.78 is 1.91. The van der Waals surface area contributed by atoms with Gasteiger partial charge in [-0.1, -0.05) is 35.9 Å². The molecule has 2 aliphatic heterocycles. The molecule has 2 atom stereocenters. The number of benzene rings is 1. The van der Waals surface area contributed by atoms with E-state index in [1.54, 1.807) is 6.20 Å². The summed E-state index contributed by atoms with van der Waals surface area (Å²) in [6, 6.07) is 8.47. The second kappa shape index (κ2) is 8.95. The highest BCUT2D eigenvalue weighted by molar-refractivity contribution is 6.33. The molecule has 0 radical (unpaired) electrons. The number of nitrogens with zero attached hydrogens (tertiary/aromatic N) is 4. The summed E-state index contributed by atoms with van der Waals surface area (Å²) in [5.74, 6) is 0.208. The van der Waals surface area contributed by atoms with Gasteiger partial charge in [0.1, 0.15) is 0 Å². The highest BCUT2D eigenvalue weighted by Gasteiger charge is 2.44. The number of aliphatic hydroxyl groups is 1. The zero-order valence-corrected chi connectivity index (χ0v) is 20.4. The number of hydrogen-bond donors (Lipinski definition) is 2. The van der Waals surface area contributed by atoms with E-state index in [4.69, 9.17) is 11.6 Å². The molecule has 4 heterocycles. The molecule has 6 rings (SSSR count). The third-order valence-electron chi connectivity index (χ3n) is 8.19. The van der Waals surface area contributed by atoms with Crippen molar-refractivity contribution in [1.29, 1.82) is 0 Å². The Morgan fingerprint density at radius 3 is 2.46 bits per heavy atom. The minimum absolute atomic E-state index is 0.0714. The van der Waals surface area contributed by atoms with Crippen LogP contribution in [0.15, 0.2) is 49.1 Å². The molecule has 182 valence electrons. The second-order valence-electron chi connectivity index (χ2n) is 10.1. The lowest BCUT2D eigenvalue weighted by atomic mass is 9.77. The summed E-state index contributed by atoms with van der Waals surface area (Å²) in [6.45, 7) is 2.38. The number of carbonyl (C=O) groups excluding carboxylic acids is 1. The number of halogens is 1. The zero-order valence-electron chi connectivity index (χ0n) is 19.7. The van der Waals surface area contributed by atoms with Gasteiger partial charge in [-0.3, -0.25) is 14.5 Å². The number of anilines is 1. The Bertz CT molecular complexity index is 1230. The van der Waals surface area contributed by atoms with Crippen molar-refractivity contribution in [3.8, 4) is 22.3 Å². The molecule has 0 bridgehead atoms. The number of carbonyl (C=O) groups is 1. The smallest absolute Gasteiger partial charge is 0.226 e. The van der Waals surface area contributed by atoms with Crippen LogP contribution in [-0.2, 0) is 4.79 Å². The molecule has 2 N–H and O–H groups in total. The first kappa shape index (κ1) is 22.6. The second-order valence-corrected chi connectivity index (χ2v) is 10.5. The van der Waals surface area contributed by atoms with Crippen LogP contribution in [0.4, 0.5) is 5.69 Å². The van der Waals surface area contributed by atoms with E-state index in [1.807, 2.05) is 23.3 Å². The number of hydrogen-bond acceptors (Lipinski definition) is 5. The molecule has 3 fully saturated rings. The van der Waals surface area contributed by atoms with Crippen LogP contribution in [0.25, 0.3) is 22.3 Å². The maximum Gasteiger partial charge on any atom is 0.226 e. The zero-order chi connectivity index (χ0) is 24.0. The predicted molar refractivity (Wildman–Crippen MR) is 136 cm³/mol. The third-order valence-corrected chi connectivity index (χ3v) is 8.47. The van der Waals surface area contributed by atoms with Crippen LogP contribution in [-0.4, -0.2) is 51.5 Å². The van der Waals surface area contributed by atoms with Crippen LogP contribution < -0.4 is 10.2 Å². The molecule has 2 aromatic heterocycles. The quantitative estimate of drug-likeness (QED) is 0.563. The normalized spacial score (nSPS) is 23.7. The van der Waals surface area contributed by atoms with Gasteiger partial charge >= 0.3 is 0 Å². The minimum atomic E-state index is -0.313. The van der Waals surface area contributed by atoms with Crippen molar-refractivity contribution >= 4 is 23.2 Å². The SMILES string of the molecule is O=C1NCCC12CCN(c1c(Cl)cncc1-c1ccc(-c3cnn(C4CCCC4O)c3)cc1)CC2. The van der Waals surface area contributed by atoms with E-state index in [9.17, 15) is 9.90 Å². The van der Waals surface area contributed by atoms with Crippen LogP contribution >= 0.6 is 11.6 Å². The Morgan fingerprint density at radius 2 is 1.77 bits per heavy atom. The molecule has 7 nitrogen and oxygen atoms in total. The van der Waals surface area contributed by atoms with Crippen molar-refractivity contribution in [2.75, 3.05) is 24.5 Å². The highest BCUT2D eigenvalue weighted by atomic mass is 35.5. The largest absolute Gasteiger partial charge is 0.391 e. The van der Waals surface area contributed by atoms with Gasteiger partial charge in [-0.2, -0.15) is 5.10 Å². The number of aromatic nitrogens is 3. The molecule has 1 saturated carbocycles. The van der Waals surface area contributed by atoms with Gasteiger partial charge in [-0.15, -0.1) is 0 Å². The van der Waals surface area contributed by atoms with Crippen LogP contribution in [0, 0.1) is 5.41 Å².